The average molecular weight is 255 g/mol. The Hall–Kier alpha value is -1.30. The molecule has 102 valence electrons. The van der Waals surface area contributed by atoms with Gasteiger partial charge in [0.05, 0.1) is 13.2 Å². The van der Waals surface area contributed by atoms with Crippen LogP contribution in [-0.2, 0) is 9.53 Å². The number of nitrogens with one attached hydrogen (secondary N) is 1. The quantitative estimate of drug-likeness (QED) is 0.702. The number of amides is 2. The Morgan fingerprint density at radius 1 is 1.28 bits per heavy atom. The van der Waals surface area contributed by atoms with Gasteiger partial charge in [0.2, 0.25) is 0 Å². The lowest BCUT2D eigenvalue weighted by Gasteiger charge is -2.33. The van der Waals surface area contributed by atoms with Crippen LogP contribution in [0.1, 0.15) is 32.1 Å². The fourth-order valence-corrected chi connectivity index (χ4v) is 2.96. The fraction of sp³-hybridized carbons (Fsp3) is 0.833. The molecule has 1 N–H and O–H groups in total. The first-order valence-corrected chi connectivity index (χ1v) is 6.51. The normalized spacial score (nSPS) is 27.4. The van der Waals surface area contributed by atoms with E-state index in [0.717, 1.165) is 30.8 Å². The molecule has 0 bridgehead atoms. The van der Waals surface area contributed by atoms with Crippen LogP contribution in [0.2, 0.25) is 0 Å². The van der Waals surface area contributed by atoms with E-state index in [2.05, 4.69) is 15.1 Å². The topological polar surface area (TPSA) is 61.9 Å². The van der Waals surface area contributed by atoms with Gasteiger partial charge < -0.3 is 4.74 Å². The molecular weight excluding hydrogens is 234 g/mol. The summed E-state index contributed by atoms with van der Waals surface area (Å²) in [6.07, 6.45) is 5.02. The first kappa shape index (κ1) is 13.1. The van der Waals surface area contributed by atoms with Crippen LogP contribution in [0.4, 0.5) is 4.79 Å². The number of methoxy groups -OCH3 is 1. The summed E-state index contributed by atoms with van der Waals surface area (Å²) in [4.78, 5) is 25.6. The number of ether oxygens (including phenoxy) is 1. The number of rotatable bonds is 1. The second kappa shape index (κ2) is 5.56. The molecule has 2 aliphatic rings. The van der Waals surface area contributed by atoms with Crippen LogP contribution in [-0.4, -0.2) is 54.7 Å². The van der Waals surface area contributed by atoms with Gasteiger partial charge >= 0.3 is 6.09 Å². The van der Waals surface area contributed by atoms with Crippen LogP contribution >= 0.6 is 0 Å². The van der Waals surface area contributed by atoms with Crippen molar-refractivity contribution in [3.8, 4) is 0 Å². The molecule has 2 fully saturated rings. The maximum Gasteiger partial charge on any atom is 0.428 e. The van der Waals surface area contributed by atoms with Gasteiger partial charge in [0.15, 0.2) is 0 Å². The lowest BCUT2D eigenvalue weighted by atomic mass is 10.0. The average Bonchev–Trinajstić information content (AvgIpc) is 2.81. The molecule has 2 amide bonds. The monoisotopic (exact) mass is 255 g/mol. The molecule has 2 atom stereocenters. The van der Waals surface area contributed by atoms with Gasteiger partial charge in [0, 0.05) is 13.1 Å². The summed E-state index contributed by atoms with van der Waals surface area (Å²) in [5, 5.41) is 1.10. The third-order valence-corrected chi connectivity index (χ3v) is 3.88. The van der Waals surface area contributed by atoms with Crippen molar-refractivity contribution in [2.24, 2.45) is 0 Å². The summed E-state index contributed by atoms with van der Waals surface area (Å²) in [5.41, 5.74) is 2.58. The van der Waals surface area contributed by atoms with E-state index in [1.807, 2.05) is 0 Å². The lowest BCUT2D eigenvalue weighted by molar-refractivity contribution is -0.130. The minimum atomic E-state index is -0.559. The van der Waals surface area contributed by atoms with E-state index >= 15 is 0 Å². The predicted octanol–water partition coefficient (Wildman–Crippen LogP) is 0.733. The number of hydrogen-bond donors (Lipinski definition) is 1. The highest BCUT2D eigenvalue weighted by atomic mass is 16.5. The number of carbonyl (C=O) groups excluding carboxylic acids is 2. The molecule has 2 saturated heterocycles. The van der Waals surface area contributed by atoms with E-state index in [9.17, 15) is 9.59 Å². The Morgan fingerprint density at radius 2 is 2.06 bits per heavy atom. The van der Waals surface area contributed by atoms with Gasteiger partial charge in [0.25, 0.3) is 5.91 Å². The van der Waals surface area contributed by atoms with E-state index in [4.69, 9.17) is 0 Å². The summed E-state index contributed by atoms with van der Waals surface area (Å²) in [7, 11) is 2.79. The number of piperidine rings is 1. The van der Waals surface area contributed by atoms with Crippen LogP contribution in [0, 0.1) is 0 Å². The van der Waals surface area contributed by atoms with Crippen molar-refractivity contribution in [3.63, 3.8) is 0 Å². The highest BCUT2D eigenvalue weighted by Gasteiger charge is 2.39. The number of carbonyl (C=O) groups is 2. The molecule has 0 aliphatic carbocycles. The van der Waals surface area contributed by atoms with Gasteiger partial charge in [-0.05, 0) is 32.2 Å². The molecule has 2 unspecified atom stereocenters. The molecule has 2 aliphatic heterocycles. The third-order valence-electron chi connectivity index (χ3n) is 3.88. The summed E-state index contributed by atoms with van der Waals surface area (Å²) < 4.78 is 4.54. The molecule has 0 saturated carbocycles. The van der Waals surface area contributed by atoms with Crippen LogP contribution in [0.15, 0.2) is 0 Å². The molecule has 0 aromatic rings. The van der Waals surface area contributed by atoms with Gasteiger partial charge in [-0.2, -0.15) is 0 Å². The van der Waals surface area contributed by atoms with Crippen molar-refractivity contribution in [2.45, 2.75) is 44.2 Å². The fourth-order valence-electron chi connectivity index (χ4n) is 2.96. The van der Waals surface area contributed by atoms with Crippen LogP contribution in [0.3, 0.4) is 0 Å². The van der Waals surface area contributed by atoms with Crippen molar-refractivity contribution in [1.82, 2.24) is 15.3 Å². The number of nitrogens with zero attached hydrogens (tertiary/aromatic N) is 2. The molecule has 0 aromatic carbocycles. The summed E-state index contributed by atoms with van der Waals surface area (Å²) in [5.74, 6) is -0.104. The Balaban J connectivity index is 1.91. The molecule has 0 radical (unpaired) electrons. The minimum Gasteiger partial charge on any atom is -0.452 e. The number of hydrazine groups is 1. The zero-order valence-electron chi connectivity index (χ0n) is 11.0. The molecule has 0 spiro atoms. The van der Waals surface area contributed by atoms with Crippen LogP contribution < -0.4 is 5.43 Å². The van der Waals surface area contributed by atoms with Crippen molar-refractivity contribution in [1.29, 1.82) is 0 Å². The highest BCUT2D eigenvalue weighted by molar-refractivity contribution is 5.83. The number of hydrogen-bond acceptors (Lipinski definition) is 4. The van der Waals surface area contributed by atoms with E-state index in [1.54, 1.807) is 0 Å². The minimum absolute atomic E-state index is 0.0950. The second-order valence-electron chi connectivity index (χ2n) is 4.99. The molecule has 6 heteroatoms. The summed E-state index contributed by atoms with van der Waals surface area (Å²) in [6.45, 7) is 0.991. The largest absolute Gasteiger partial charge is 0.452 e. The Labute approximate surface area is 107 Å². The standard InChI is InChI=1S/C12H21N3O3/c1-14(12(17)18-2)13-11(16)10-7-6-9-5-3-4-8-15(9)10/h9-10H,3-8H2,1-2H3,(H,13,16). The maximum absolute atomic E-state index is 12.1. The first-order chi connectivity index (χ1) is 8.63. The van der Waals surface area contributed by atoms with E-state index in [1.165, 1.54) is 27.0 Å². The zero-order valence-corrected chi connectivity index (χ0v) is 11.0. The van der Waals surface area contributed by atoms with Gasteiger partial charge in [-0.1, -0.05) is 6.42 Å². The van der Waals surface area contributed by atoms with Crippen molar-refractivity contribution in [3.05, 3.63) is 0 Å². The number of fused-ring (bicyclic) bond motifs is 1. The van der Waals surface area contributed by atoms with Gasteiger partial charge in [-0.25, -0.2) is 9.80 Å². The lowest BCUT2D eigenvalue weighted by Crippen LogP contribution is -2.52. The summed E-state index contributed by atoms with van der Waals surface area (Å²) >= 11 is 0. The predicted molar refractivity (Wildman–Crippen MR) is 65.7 cm³/mol. The van der Waals surface area contributed by atoms with Crippen LogP contribution in [0.5, 0.6) is 0 Å². The molecular formula is C12H21N3O3. The van der Waals surface area contributed by atoms with Crippen molar-refractivity contribution >= 4 is 12.0 Å². The molecule has 2 rings (SSSR count). The molecule has 18 heavy (non-hydrogen) atoms. The van der Waals surface area contributed by atoms with Gasteiger partial charge in [-0.15, -0.1) is 0 Å². The second-order valence-corrected chi connectivity index (χ2v) is 4.99. The van der Waals surface area contributed by atoms with E-state index < -0.39 is 6.09 Å². The van der Waals surface area contributed by atoms with Crippen molar-refractivity contribution in [2.75, 3.05) is 20.7 Å². The molecule has 6 nitrogen and oxygen atoms in total. The third kappa shape index (κ3) is 2.58. The van der Waals surface area contributed by atoms with Gasteiger partial charge in [0.1, 0.15) is 0 Å². The first-order valence-electron chi connectivity index (χ1n) is 6.51. The maximum atomic E-state index is 12.1. The SMILES string of the molecule is COC(=O)N(C)NC(=O)C1CCC2CCCCN21. The Bertz CT molecular complexity index is 335. The zero-order chi connectivity index (χ0) is 13.1. The summed E-state index contributed by atoms with van der Waals surface area (Å²) in [6, 6.07) is 0.459. The highest BCUT2D eigenvalue weighted by Crippen LogP contribution is 2.31. The Morgan fingerprint density at radius 3 is 2.78 bits per heavy atom. The molecule has 0 aromatic heterocycles. The van der Waals surface area contributed by atoms with Crippen molar-refractivity contribution < 1.29 is 14.3 Å². The van der Waals surface area contributed by atoms with Crippen LogP contribution in [0.25, 0.3) is 0 Å². The van der Waals surface area contributed by atoms with Gasteiger partial charge in [-0.3, -0.25) is 15.1 Å². The van der Waals surface area contributed by atoms with E-state index in [-0.39, 0.29) is 11.9 Å². The Kier molecular flexibility index (Phi) is 4.06. The molecule has 2 heterocycles. The smallest absolute Gasteiger partial charge is 0.428 e. The van der Waals surface area contributed by atoms with E-state index in [0.29, 0.717) is 6.04 Å².